The molecule has 0 aliphatic rings. The second-order valence-corrected chi connectivity index (χ2v) is 12.3. The number of aryl methyl sites for hydroxylation is 1. The molecule has 2 amide bonds. The molecule has 0 saturated heterocycles. The molecule has 0 saturated carbocycles. The summed E-state index contributed by atoms with van der Waals surface area (Å²) in [5.74, 6) is -1.64. The van der Waals surface area contributed by atoms with E-state index in [9.17, 15) is 40.0 Å². The van der Waals surface area contributed by atoms with Gasteiger partial charge in [0.1, 0.15) is 11.6 Å². The molecule has 0 radical (unpaired) electrons. The van der Waals surface area contributed by atoms with E-state index in [4.69, 9.17) is 5.73 Å². The molecule has 1 atom stereocenters. The number of hydrogen-bond donors (Lipinski definition) is 2. The predicted octanol–water partition coefficient (Wildman–Crippen LogP) is 5.87. The van der Waals surface area contributed by atoms with E-state index in [1.807, 2.05) is 31.2 Å². The number of rotatable bonds is 15. The van der Waals surface area contributed by atoms with E-state index in [0.717, 1.165) is 30.0 Å². The SMILES string of the molecule is C=C.CCCCS(=O)(=O)CCC(=O)N(CC[C@@H](N)Cc1cc(F)cc(F)c1)Cc1cccc(CC)c1.NC(=O)OCC(F)(F)F. The number of carbonyl (C=O) groups is 2. The number of benzene rings is 2. The van der Waals surface area contributed by atoms with Gasteiger partial charge in [-0.15, -0.1) is 13.2 Å². The number of sulfone groups is 1. The zero-order chi connectivity index (χ0) is 34.6. The summed E-state index contributed by atoms with van der Waals surface area (Å²) in [6.07, 6.45) is -3.08. The van der Waals surface area contributed by atoms with Crippen molar-refractivity contribution in [3.8, 4) is 0 Å². The van der Waals surface area contributed by atoms with E-state index in [1.165, 1.54) is 12.1 Å². The summed E-state index contributed by atoms with van der Waals surface area (Å²) in [6.45, 7) is 9.03. The molecule has 0 aromatic heterocycles. The number of unbranched alkanes of at least 4 members (excludes halogenated alkanes) is 1. The van der Waals surface area contributed by atoms with Crippen LogP contribution in [0.5, 0.6) is 0 Å². The zero-order valence-corrected chi connectivity index (χ0v) is 26.6. The maximum absolute atomic E-state index is 13.5. The minimum atomic E-state index is -4.49. The lowest BCUT2D eigenvalue weighted by Gasteiger charge is -2.25. The molecule has 0 aliphatic carbocycles. The normalized spacial score (nSPS) is 11.7. The van der Waals surface area contributed by atoms with Crippen LogP contribution in [0.2, 0.25) is 0 Å². The Balaban J connectivity index is 0.00000151. The maximum Gasteiger partial charge on any atom is 0.422 e. The molecule has 8 nitrogen and oxygen atoms in total. The Bertz CT molecular complexity index is 1270. The van der Waals surface area contributed by atoms with Gasteiger partial charge in [-0.1, -0.05) is 44.5 Å². The molecule has 0 spiro atoms. The summed E-state index contributed by atoms with van der Waals surface area (Å²) in [5, 5.41) is 0. The van der Waals surface area contributed by atoms with Gasteiger partial charge in [0.2, 0.25) is 5.91 Å². The molecule has 2 aromatic carbocycles. The molecule has 14 heteroatoms. The van der Waals surface area contributed by atoms with Crippen molar-refractivity contribution in [3.05, 3.63) is 83.9 Å². The Morgan fingerprint density at radius 3 is 2.09 bits per heavy atom. The Morgan fingerprint density at radius 1 is 0.978 bits per heavy atom. The molecule has 0 heterocycles. The van der Waals surface area contributed by atoms with Crippen molar-refractivity contribution in [2.45, 2.75) is 71.1 Å². The fourth-order valence-electron chi connectivity index (χ4n) is 3.94. The van der Waals surface area contributed by atoms with Gasteiger partial charge in [-0.05, 0) is 54.5 Å². The average Bonchev–Trinajstić information content (AvgIpc) is 2.96. The van der Waals surface area contributed by atoms with Gasteiger partial charge in [-0.2, -0.15) is 13.2 Å². The summed E-state index contributed by atoms with van der Waals surface area (Å²) in [7, 11) is -3.28. The number of nitrogens with zero attached hydrogens (tertiary/aromatic N) is 1. The molecular weight excluding hydrogens is 621 g/mol. The van der Waals surface area contributed by atoms with Crippen molar-refractivity contribution in [2.24, 2.45) is 11.5 Å². The molecule has 2 rings (SSSR count). The number of ether oxygens (including phenoxy) is 1. The third-order valence-corrected chi connectivity index (χ3v) is 7.87. The molecule has 4 N–H and O–H groups in total. The van der Waals surface area contributed by atoms with Crippen LogP contribution in [0.3, 0.4) is 0 Å². The third-order valence-electron chi connectivity index (χ3n) is 6.13. The lowest BCUT2D eigenvalue weighted by atomic mass is 10.0. The van der Waals surface area contributed by atoms with Crippen LogP contribution in [0.1, 0.15) is 56.2 Å². The number of carbonyl (C=O) groups excluding carboxylic acids is 2. The second kappa shape index (κ2) is 21.3. The fraction of sp³-hybridized carbons (Fsp3) is 0.484. The Hall–Kier alpha value is -3.52. The Labute approximate surface area is 262 Å². The minimum Gasteiger partial charge on any atom is -0.440 e. The van der Waals surface area contributed by atoms with Gasteiger partial charge in [-0.25, -0.2) is 22.0 Å². The number of amides is 2. The van der Waals surface area contributed by atoms with Gasteiger partial charge in [0, 0.05) is 31.6 Å². The predicted molar refractivity (Wildman–Crippen MR) is 165 cm³/mol. The van der Waals surface area contributed by atoms with Crippen LogP contribution in [0, 0.1) is 11.6 Å². The molecular formula is C31H44F5N3O5S. The first-order chi connectivity index (χ1) is 21.0. The van der Waals surface area contributed by atoms with Crippen LogP contribution in [0.4, 0.5) is 26.7 Å². The summed E-state index contributed by atoms with van der Waals surface area (Å²) in [6, 6.07) is 10.8. The molecule has 0 unspecified atom stereocenters. The maximum atomic E-state index is 13.5. The second-order valence-electron chi connectivity index (χ2n) is 10.00. The lowest BCUT2D eigenvalue weighted by Crippen LogP contribution is -2.36. The number of hydrogen-bond acceptors (Lipinski definition) is 6. The van der Waals surface area contributed by atoms with Gasteiger partial charge in [0.05, 0.1) is 11.5 Å². The first-order valence-corrected chi connectivity index (χ1v) is 16.1. The van der Waals surface area contributed by atoms with Gasteiger partial charge in [0.15, 0.2) is 16.4 Å². The van der Waals surface area contributed by atoms with Crippen LogP contribution in [-0.4, -0.2) is 62.2 Å². The minimum absolute atomic E-state index is 0.0795. The smallest absolute Gasteiger partial charge is 0.422 e. The van der Waals surface area contributed by atoms with E-state index in [2.05, 4.69) is 30.6 Å². The first-order valence-electron chi connectivity index (χ1n) is 14.3. The van der Waals surface area contributed by atoms with Gasteiger partial charge >= 0.3 is 12.3 Å². The van der Waals surface area contributed by atoms with Crippen LogP contribution in [-0.2, 0) is 38.8 Å². The highest BCUT2D eigenvalue weighted by atomic mass is 32.2. The van der Waals surface area contributed by atoms with E-state index in [1.54, 1.807) is 4.90 Å². The van der Waals surface area contributed by atoms with E-state index in [0.29, 0.717) is 31.5 Å². The van der Waals surface area contributed by atoms with Crippen LogP contribution < -0.4 is 11.5 Å². The van der Waals surface area contributed by atoms with Crippen LogP contribution in [0.15, 0.2) is 55.6 Å². The molecule has 0 bridgehead atoms. The highest BCUT2D eigenvalue weighted by Crippen LogP contribution is 2.15. The van der Waals surface area contributed by atoms with Crippen molar-refractivity contribution in [1.29, 1.82) is 0 Å². The third kappa shape index (κ3) is 20.2. The summed E-state index contributed by atoms with van der Waals surface area (Å²) >= 11 is 0. The summed E-state index contributed by atoms with van der Waals surface area (Å²) in [4.78, 5) is 24.2. The summed E-state index contributed by atoms with van der Waals surface area (Å²) in [5.41, 5.74) is 13.0. The van der Waals surface area contributed by atoms with Crippen LogP contribution >= 0.6 is 0 Å². The topological polar surface area (TPSA) is 133 Å². The molecule has 45 heavy (non-hydrogen) atoms. The fourth-order valence-corrected chi connectivity index (χ4v) is 5.35. The Kier molecular flexibility index (Phi) is 19.6. The van der Waals surface area contributed by atoms with Gasteiger partial charge < -0.3 is 21.1 Å². The Morgan fingerprint density at radius 2 is 1.58 bits per heavy atom. The van der Waals surface area contributed by atoms with Crippen LogP contribution in [0.25, 0.3) is 0 Å². The lowest BCUT2D eigenvalue weighted by molar-refractivity contribution is -0.159. The number of halogens is 5. The van der Waals surface area contributed by atoms with Crippen molar-refractivity contribution in [1.82, 2.24) is 4.90 Å². The first kappa shape index (κ1) is 41.5. The zero-order valence-electron chi connectivity index (χ0n) is 25.8. The average molecular weight is 666 g/mol. The highest BCUT2D eigenvalue weighted by molar-refractivity contribution is 7.91. The standard InChI is InChI=1S/C26H36F2N2O3S.C3H4F3NO2.C2H4/c1-3-5-12-34(32,33)13-10-26(31)30(19-21-8-6-7-20(4-2)14-21)11-9-25(29)17-22-15-23(27)18-24(28)16-22;4-3(5,6)1-9-2(7)8;1-2/h6-8,14-16,18,25H,3-5,9-13,17,19,29H2,1-2H3;1H2,(H2,7,8);1-2H2/t25-;;/m1../s1. The largest absolute Gasteiger partial charge is 0.440 e. The van der Waals surface area contributed by atoms with E-state index < -0.39 is 46.4 Å². The molecule has 0 aliphatic heterocycles. The highest BCUT2D eigenvalue weighted by Gasteiger charge is 2.29. The van der Waals surface area contributed by atoms with Gasteiger partial charge in [0.25, 0.3) is 0 Å². The van der Waals surface area contributed by atoms with Crippen molar-refractivity contribution < 1.29 is 44.7 Å². The van der Waals surface area contributed by atoms with E-state index >= 15 is 0 Å². The van der Waals surface area contributed by atoms with Crippen molar-refractivity contribution >= 4 is 21.8 Å². The monoisotopic (exact) mass is 665 g/mol. The van der Waals surface area contributed by atoms with Gasteiger partial charge in [-0.3, -0.25) is 4.79 Å². The summed E-state index contributed by atoms with van der Waals surface area (Å²) < 4.78 is 88.1. The van der Waals surface area contributed by atoms with Crippen molar-refractivity contribution in [2.75, 3.05) is 24.7 Å². The molecule has 0 fully saturated rings. The quantitative estimate of drug-likeness (QED) is 0.181. The number of primary amides is 1. The number of alkyl halides is 3. The number of nitrogens with two attached hydrogens (primary N) is 2. The van der Waals surface area contributed by atoms with Crippen molar-refractivity contribution in [3.63, 3.8) is 0 Å². The molecule has 2 aromatic rings. The molecule has 254 valence electrons. The van der Waals surface area contributed by atoms with E-state index in [-0.39, 0.29) is 30.3 Å².